The monoisotopic (exact) mass is 529 g/mol. The van der Waals surface area contributed by atoms with Gasteiger partial charge in [0.25, 0.3) is 5.91 Å². The minimum Gasteiger partial charge on any atom is -0.332 e. The minimum absolute atomic E-state index is 0.00787. The van der Waals surface area contributed by atoms with Crippen LogP contribution < -0.4 is 0 Å². The average Bonchev–Trinajstić information content (AvgIpc) is 3.66. The third kappa shape index (κ3) is 6.65. The van der Waals surface area contributed by atoms with Gasteiger partial charge < -0.3 is 14.7 Å². The average molecular weight is 530 g/mol. The van der Waals surface area contributed by atoms with Crippen LogP contribution in [0.1, 0.15) is 33.6 Å². The summed E-state index contributed by atoms with van der Waals surface area (Å²) in [4.78, 5) is 34.4. The van der Waals surface area contributed by atoms with Crippen molar-refractivity contribution in [2.75, 3.05) is 32.7 Å². The molecule has 1 aliphatic rings. The summed E-state index contributed by atoms with van der Waals surface area (Å²) in [6, 6.07) is 23.9. The quantitative estimate of drug-likeness (QED) is 0.261. The molecule has 2 amide bonds. The lowest BCUT2D eigenvalue weighted by atomic mass is 10.1. The normalized spacial score (nSPS) is 13.6. The number of hydrogen-bond acceptors (Lipinski definition) is 4. The maximum absolute atomic E-state index is 13.8. The van der Waals surface area contributed by atoms with Crippen molar-refractivity contribution in [1.29, 1.82) is 0 Å². The summed E-state index contributed by atoms with van der Waals surface area (Å²) in [6.07, 6.45) is 2.34. The van der Waals surface area contributed by atoms with Crippen LogP contribution in [-0.2, 0) is 17.9 Å². The van der Waals surface area contributed by atoms with Crippen LogP contribution in [0.15, 0.2) is 84.2 Å². The summed E-state index contributed by atoms with van der Waals surface area (Å²) in [5.74, 6) is -0.571. The van der Waals surface area contributed by atoms with E-state index in [0.29, 0.717) is 25.2 Å². The minimum atomic E-state index is -0.307. The van der Waals surface area contributed by atoms with Gasteiger partial charge >= 0.3 is 0 Å². The summed E-state index contributed by atoms with van der Waals surface area (Å²) in [7, 11) is 0. The second-order valence-electron chi connectivity index (χ2n) is 9.79. The lowest BCUT2D eigenvalue weighted by molar-refractivity contribution is -0.133. The zero-order chi connectivity index (χ0) is 26.3. The predicted molar refractivity (Wildman–Crippen MR) is 150 cm³/mol. The number of hydrogen-bond donors (Lipinski definition) is 0. The van der Waals surface area contributed by atoms with Crippen molar-refractivity contribution >= 4 is 33.9 Å². The van der Waals surface area contributed by atoms with Gasteiger partial charge in [-0.1, -0.05) is 48.5 Å². The zero-order valence-corrected chi connectivity index (χ0v) is 22.2. The molecule has 1 aliphatic heterocycles. The molecule has 4 aromatic rings. The first-order valence-corrected chi connectivity index (χ1v) is 14.0. The fourth-order valence-corrected chi connectivity index (χ4v) is 5.64. The molecule has 1 saturated heterocycles. The largest absolute Gasteiger partial charge is 0.332 e. The summed E-state index contributed by atoms with van der Waals surface area (Å²) < 4.78 is 13.5. The molecule has 0 aliphatic carbocycles. The van der Waals surface area contributed by atoms with E-state index in [9.17, 15) is 14.0 Å². The summed E-state index contributed by atoms with van der Waals surface area (Å²) in [6.45, 7) is 4.07. The van der Waals surface area contributed by atoms with Crippen LogP contribution in [0.4, 0.5) is 4.39 Å². The molecule has 1 aromatic heterocycles. The fraction of sp³-hybridized carbons (Fsp3) is 0.290. The van der Waals surface area contributed by atoms with Crippen molar-refractivity contribution in [3.05, 3.63) is 106 Å². The van der Waals surface area contributed by atoms with Crippen molar-refractivity contribution in [3.8, 4) is 0 Å². The molecule has 38 heavy (non-hydrogen) atoms. The Labute approximate surface area is 227 Å². The highest BCUT2D eigenvalue weighted by molar-refractivity contribution is 7.09. The topological polar surface area (TPSA) is 43.9 Å². The Morgan fingerprint density at radius 2 is 1.61 bits per heavy atom. The molecule has 5 rings (SSSR count). The van der Waals surface area contributed by atoms with Crippen LogP contribution in [0, 0.1) is 5.82 Å². The smallest absolute Gasteiger partial charge is 0.254 e. The zero-order valence-electron chi connectivity index (χ0n) is 21.4. The van der Waals surface area contributed by atoms with Gasteiger partial charge in [-0.2, -0.15) is 0 Å². The molecule has 7 heteroatoms. The Kier molecular flexibility index (Phi) is 8.46. The Bertz CT molecular complexity index is 1370. The van der Waals surface area contributed by atoms with E-state index in [-0.39, 0.29) is 24.2 Å². The van der Waals surface area contributed by atoms with Gasteiger partial charge in [0.05, 0.1) is 6.54 Å². The number of amides is 2. The van der Waals surface area contributed by atoms with Gasteiger partial charge in [0.15, 0.2) is 0 Å². The highest BCUT2D eigenvalue weighted by Gasteiger charge is 2.24. The van der Waals surface area contributed by atoms with Gasteiger partial charge in [-0.3, -0.25) is 9.59 Å². The Morgan fingerprint density at radius 3 is 2.34 bits per heavy atom. The molecule has 0 bridgehead atoms. The molecule has 0 atom stereocenters. The summed E-state index contributed by atoms with van der Waals surface area (Å²) in [5, 5.41) is 4.06. The van der Waals surface area contributed by atoms with Gasteiger partial charge in [-0.25, -0.2) is 4.39 Å². The summed E-state index contributed by atoms with van der Waals surface area (Å²) >= 11 is 1.59. The maximum Gasteiger partial charge on any atom is 0.254 e. The van der Waals surface area contributed by atoms with Crippen molar-refractivity contribution in [2.24, 2.45) is 0 Å². The molecule has 0 N–H and O–H groups in total. The van der Waals surface area contributed by atoms with Crippen molar-refractivity contribution in [3.63, 3.8) is 0 Å². The van der Waals surface area contributed by atoms with Crippen LogP contribution in [-0.4, -0.2) is 59.2 Å². The lowest BCUT2D eigenvalue weighted by Gasteiger charge is -2.29. The second kappa shape index (κ2) is 12.3. The van der Waals surface area contributed by atoms with Crippen LogP contribution in [0.2, 0.25) is 0 Å². The highest BCUT2D eigenvalue weighted by Crippen LogP contribution is 2.19. The third-order valence-corrected chi connectivity index (χ3v) is 7.92. The standard InChI is InChI=1S/C31H32FN3O2S/c32-28-13-9-24(10-14-28)21-35(22-29-8-5-19-38-29)30(36)23-34(18-17-33-15-3-4-16-33)31(37)27-12-11-25-6-1-2-7-26(25)20-27/h1-2,5-14,19-20H,3-4,15-18,21-23H2. The van der Waals surface area contributed by atoms with E-state index in [0.717, 1.165) is 40.8 Å². The van der Waals surface area contributed by atoms with E-state index in [1.807, 2.05) is 60.0 Å². The Balaban J connectivity index is 1.37. The molecular weight excluding hydrogens is 497 g/mol. The van der Waals surface area contributed by atoms with E-state index < -0.39 is 0 Å². The van der Waals surface area contributed by atoms with Crippen LogP contribution in [0.3, 0.4) is 0 Å². The number of rotatable bonds is 10. The molecule has 0 spiro atoms. The predicted octanol–water partition coefficient (Wildman–Crippen LogP) is 5.81. The van der Waals surface area contributed by atoms with Crippen molar-refractivity contribution < 1.29 is 14.0 Å². The van der Waals surface area contributed by atoms with Gasteiger partial charge in [0.2, 0.25) is 5.91 Å². The van der Waals surface area contributed by atoms with Gasteiger partial charge in [0, 0.05) is 30.1 Å². The molecule has 2 heterocycles. The number of carbonyl (C=O) groups excluding carboxylic acids is 2. The van der Waals surface area contributed by atoms with Gasteiger partial charge in [-0.15, -0.1) is 11.3 Å². The molecular formula is C31H32FN3O2S. The molecule has 3 aromatic carbocycles. The molecule has 5 nitrogen and oxygen atoms in total. The SMILES string of the molecule is O=C(CN(CCN1CCCC1)C(=O)c1ccc2ccccc2c1)N(Cc1ccc(F)cc1)Cc1cccs1. The number of halogens is 1. The number of benzene rings is 3. The van der Waals surface area contributed by atoms with Gasteiger partial charge in [-0.05, 0) is 78.0 Å². The number of likely N-dealkylation sites (tertiary alicyclic amines) is 1. The van der Waals surface area contributed by atoms with Crippen LogP contribution in [0.25, 0.3) is 10.8 Å². The van der Waals surface area contributed by atoms with Crippen LogP contribution >= 0.6 is 11.3 Å². The van der Waals surface area contributed by atoms with E-state index in [4.69, 9.17) is 0 Å². The Hall–Kier alpha value is -3.55. The molecule has 0 saturated carbocycles. The number of carbonyl (C=O) groups is 2. The molecule has 0 unspecified atom stereocenters. The highest BCUT2D eigenvalue weighted by atomic mass is 32.1. The fourth-order valence-electron chi connectivity index (χ4n) is 4.92. The van der Waals surface area contributed by atoms with Crippen molar-refractivity contribution in [1.82, 2.24) is 14.7 Å². The first kappa shape index (κ1) is 26.1. The number of nitrogens with zero attached hydrogens (tertiary/aromatic N) is 3. The first-order chi connectivity index (χ1) is 18.5. The second-order valence-corrected chi connectivity index (χ2v) is 10.8. The first-order valence-electron chi connectivity index (χ1n) is 13.1. The summed E-state index contributed by atoms with van der Waals surface area (Å²) in [5.41, 5.74) is 1.43. The van der Waals surface area contributed by atoms with E-state index in [1.54, 1.807) is 33.3 Å². The van der Waals surface area contributed by atoms with Crippen LogP contribution in [0.5, 0.6) is 0 Å². The lowest BCUT2D eigenvalue weighted by Crippen LogP contribution is -2.45. The maximum atomic E-state index is 13.8. The van der Waals surface area contributed by atoms with E-state index in [2.05, 4.69) is 4.90 Å². The van der Waals surface area contributed by atoms with Gasteiger partial charge in [0.1, 0.15) is 12.4 Å². The van der Waals surface area contributed by atoms with Crippen molar-refractivity contribution in [2.45, 2.75) is 25.9 Å². The molecule has 1 fully saturated rings. The van der Waals surface area contributed by atoms with E-state index >= 15 is 0 Å². The Morgan fingerprint density at radius 1 is 0.842 bits per heavy atom. The number of thiophene rings is 1. The molecule has 0 radical (unpaired) electrons. The number of fused-ring (bicyclic) bond motifs is 1. The molecule has 196 valence electrons. The van der Waals surface area contributed by atoms with E-state index in [1.165, 1.54) is 25.0 Å². The third-order valence-electron chi connectivity index (χ3n) is 7.06.